The SMILES string of the molecule is Cc1c(-c2ccccc2)c2cccc(-c3nc4ccccc4s3)c2oc1=O. The van der Waals surface area contributed by atoms with Crippen LogP contribution in [0.4, 0.5) is 0 Å². The van der Waals surface area contributed by atoms with Crippen molar-refractivity contribution >= 4 is 32.5 Å². The number of hydrogen-bond donors (Lipinski definition) is 0. The normalized spacial score (nSPS) is 11.3. The van der Waals surface area contributed by atoms with Gasteiger partial charge in [0.15, 0.2) is 0 Å². The summed E-state index contributed by atoms with van der Waals surface area (Å²) in [6.45, 7) is 1.82. The van der Waals surface area contributed by atoms with Crippen molar-refractivity contribution in [2.75, 3.05) is 0 Å². The molecule has 0 fully saturated rings. The number of hydrogen-bond acceptors (Lipinski definition) is 4. The molecule has 0 aliphatic carbocycles. The topological polar surface area (TPSA) is 43.1 Å². The minimum atomic E-state index is -0.310. The van der Waals surface area contributed by atoms with E-state index in [1.165, 1.54) is 0 Å². The number of rotatable bonds is 2. The molecule has 0 aliphatic heterocycles. The lowest BCUT2D eigenvalue weighted by molar-refractivity contribution is 0.556. The van der Waals surface area contributed by atoms with Crippen LogP contribution in [0.3, 0.4) is 0 Å². The first kappa shape index (κ1) is 16.0. The molecule has 5 aromatic rings. The maximum atomic E-state index is 12.6. The van der Waals surface area contributed by atoms with Gasteiger partial charge in [0.1, 0.15) is 10.6 Å². The molecule has 0 saturated heterocycles. The third kappa shape index (κ3) is 2.57. The van der Waals surface area contributed by atoms with E-state index in [0.29, 0.717) is 11.1 Å². The highest BCUT2D eigenvalue weighted by Crippen LogP contribution is 2.37. The highest BCUT2D eigenvalue weighted by atomic mass is 32.1. The average molecular weight is 369 g/mol. The van der Waals surface area contributed by atoms with Crippen LogP contribution in [0, 0.1) is 6.92 Å². The number of nitrogens with zero attached hydrogens (tertiary/aromatic N) is 1. The third-order valence-electron chi connectivity index (χ3n) is 4.75. The molecule has 4 heteroatoms. The van der Waals surface area contributed by atoms with Crippen molar-refractivity contribution in [3.8, 4) is 21.7 Å². The molecule has 5 rings (SSSR count). The summed E-state index contributed by atoms with van der Waals surface area (Å²) in [4.78, 5) is 17.3. The Morgan fingerprint density at radius 1 is 0.889 bits per heavy atom. The van der Waals surface area contributed by atoms with Crippen molar-refractivity contribution in [3.05, 3.63) is 88.8 Å². The summed E-state index contributed by atoms with van der Waals surface area (Å²) in [5, 5.41) is 1.78. The fourth-order valence-electron chi connectivity index (χ4n) is 3.45. The first-order valence-electron chi connectivity index (χ1n) is 8.70. The second-order valence-electron chi connectivity index (χ2n) is 6.42. The molecule has 0 spiro atoms. The quantitative estimate of drug-likeness (QED) is 0.356. The molecule has 0 atom stereocenters. The van der Waals surface area contributed by atoms with E-state index >= 15 is 0 Å². The van der Waals surface area contributed by atoms with Crippen molar-refractivity contribution in [3.63, 3.8) is 0 Å². The summed E-state index contributed by atoms with van der Waals surface area (Å²) in [7, 11) is 0. The molecule has 27 heavy (non-hydrogen) atoms. The van der Waals surface area contributed by atoms with Crippen LogP contribution in [0.25, 0.3) is 42.9 Å². The first-order valence-corrected chi connectivity index (χ1v) is 9.52. The zero-order valence-corrected chi connectivity index (χ0v) is 15.4. The van der Waals surface area contributed by atoms with Crippen LogP contribution < -0.4 is 5.63 Å². The van der Waals surface area contributed by atoms with Gasteiger partial charge in [-0.25, -0.2) is 9.78 Å². The molecule has 3 nitrogen and oxygen atoms in total. The van der Waals surface area contributed by atoms with Crippen molar-refractivity contribution in [2.45, 2.75) is 6.92 Å². The van der Waals surface area contributed by atoms with Crippen LogP contribution in [0.1, 0.15) is 5.56 Å². The number of thiazole rings is 1. The molecule has 0 bridgehead atoms. The highest BCUT2D eigenvalue weighted by Gasteiger charge is 2.17. The Balaban J connectivity index is 1.86. The van der Waals surface area contributed by atoms with Gasteiger partial charge < -0.3 is 4.42 Å². The van der Waals surface area contributed by atoms with E-state index in [4.69, 9.17) is 9.40 Å². The van der Waals surface area contributed by atoms with Gasteiger partial charge in [-0.3, -0.25) is 0 Å². The molecule has 2 aromatic heterocycles. The zero-order valence-electron chi connectivity index (χ0n) is 14.6. The molecular formula is C23H15NO2S. The zero-order chi connectivity index (χ0) is 18.4. The lowest BCUT2D eigenvalue weighted by Crippen LogP contribution is -2.06. The lowest BCUT2D eigenvalue weighted by atomic mass is 9.96. The Bertz CT molecular complexity index is 1320. The standard InChI is InChI=1S/C23H15NO2S/c1-14-20(15-8-3-2-4-9-15)16-10-7-11-17(21(16)26-23(14)25)22-24-18-12-5-6-13-19(18)27-22/h2-13H,1H3. The Kier molecular flexibility index (Phi) is 3.66. The predicted octanol–water partition coefficient (Wildman–Crippen LogP) is 6.05. The van der Waals surface area contributed by atoms with Crippen molar-refractivity contribution in [1.29, 1.82) is 0 Å². The summed E-state index contributed by atoms with van der Waals surface area (Å²) in [6, 6.07) is 24.0. The van der Waals surface area contributed by atoms with Crippen LogP contribution >= 0.6 is 11.3 Å². The molecule has 130 valence electrons. The van der Waals surface area contributed by atoms with Gasteiger partial charge in [-0.2, -0.15) is 0 Å². The van der Waals surface area contributed by atoms with Gasteiger partial charge in [0.05, 0.1) is 15.8 Å². The van der Waals surface area contributed by atoms with E-state index in [2.05, 4.69) is 6.07 Å². The van der Waals surface area contributed by atoms with E-state index in [1.54, 1.807) is 11.3 Å². The smallest absolute Gasteiger partial charge is 0.339 e. The summed E-state index contributed by atoms with van der Waals surface area (Å²) in [6.07, 6.45) is 0. The average Bonchev–Trinajstić information content (AvgIpc) is 3.13. The van der Waals surface area contributed by atoms with Crippen LogP contribution in [-0.4, -0.2) is 4.98 Å². The van der Waals surface area contributed by atoms with Crippen LogP contribution in [0.2, 0.25) is 0 Å². The van der Waals surface area contributed by atoms with Crippen molar-refractivity contribution in [2.24, 2.45) is 0 Å². The second kappa shape index (κ2) is 6.18. The van der Waals surface area contributed by atoms with Gasteiger partial charge >= 0.3 is 5.63 Å². The Morgan fingerprint density at radius 3 is 2.48 bits per heavy atom. The number of para-hydroxylation sites is 2. The number of benzene rings is 3. The lowest BCUT2D eigenvalue weighted by Gasteiger charge is -2.11. The third-order valence-corrected chi connectivity index (χ3v) is 5.82. The van der Waals surface area contributed by atoms with Gasteiger partial charge in [-0.05, 0) is 30.7 Å². The Labute approximate surface area is 159 Å². The Morgan fingerprint density at radius 2 is 1.67 bits per heavy atom. The largest absolute Gasteiger partial charge is 0.422 e. The summed E-state index contributed by atoms with van der Waals surface area (Å²) in [5.74, 6) is 0. The molecule has 0 N–H and O–H groups in total. The van der Waals surface area contributed by atoms with E-state index in [-0.39, 0.29) is 5.63 Å². The van der Waals surface area contributed by atoms with E-state index in [1.807, 2.05) is 73.7 Å². The van der Waals surface area contributed by atoms with Crippen LogP contribution in [0.5, 0.6) is 0 Å². The fourth-order valence-corrected chi connectivity index (χ4v) is 4.44. The first-order chi connectivity index (χ1) is 13.2. The maximum absolute atomic E-state index is 12.6. The van der Waals surface area contributed by atoms with Crippen LogP contribution in [-0.2, 0) is 0 Å². The molecular weight excluding hydrogens is 354 g/mol. The number of aromatic nitrogens is 1. The minimum absolute atomic E-state index is 0.310. The molecule has 0 aliphatic rings. The Hall–Kier alpha value is -3.24. The molecule has 0 unspecified atom stereocenters. The summed E-state index contributed by atoms with van der Waals surface area (Å²) < 4.78 is 6.86. The monoisotopic (exact) mass is 369 g/mol. The second-order valence-corrected chi connectivity index (χ2v) is 7.46. The van der Waals surface area contributed by atoms with Gasteiger partial charge in [-0.15, -0.1) is 11.3 Å². The number of fused-ring (bicyclic) bond motifs is 2. The van der Waals surface area contributed by atoms with E-state index in [0.717, 1.165) is 37.3 Å². The van der Waals surface area contributed by atoms with Crippen molar-refractivity contribution in [1.82, 2.24) is 4.98 Å². The van der Waals surface area contributed by atoms with E-state index < -0.39 is 0 Å². The van der Waals surface area contributed by atoms with Gasteiger partial charge in [0.25, 0.3) is 0 Å². The highest BCUT2D eigenvalue weighted by molar-refractivity contribution is 7.21. The minimum Gasteiger partial charge on any atom is -0.422 e. The molecule has 2 heterocycles. The van der Waals surface area contributed by atoms with Gasteiger partial charge in [0.2, 0.25) is 0 Å². The van der Waals surface area contributed by atoms with Crippen LogP contribution in [0.15, 0.2) is 82.0 Å². The maximum Gasteiger partial charge on any atom is 0.339 e. The molecule has 0 amide bonds. The predicted molar refractivity (Wildman–Crippen MR) is 111 cm³/mol. The summed E-state index contributed by atoms with van der Waals surface area (Å²) >= 11 is 1.60. The molecule has 0 saturated carbocycles. The molecule has 3 aromatic carbocycles. The molecule has 0 radical (unpaired) electrons. The van der Waals surface area contributed by atoms with Gasteiger partial charge in [0, 0.05) is 16.5 Å². The van der Waals surface area contributed by atoms with Crippen molar-refractivity contribution < 1.29 is 4.42 Å². The van der Waals surface area contributed by atoms with Gasteiger partial charge in [-0.1, -0.05) is 54.6 Å². The van der Waals surface area contributed by atoms with E-state index in [9.17, 15) is 4.79 Å². The fraction of sp³-hybridized carbons (Fsp3) is 0.0435. The summed E-state index contributed by atoms with van der Waals surface area (Å²) in [5.41, 5.74) is 4.63.